The van der Waals surface area contributed by atoms with Gasteiger partial charge in [0.1, 0.15) is 0 Å². The first-order valence-electron chi connectivity index (χ1n) is 6.24. The minimum absolute atomic E-state index is 0.177. The number of rotatable bonds is 4. The molecule has 0 bridgehead atoms. The summed E-state index contributed by atoms with van der Waals surface area (Å²) in [7, 11) is 0. The highest BCUT2D eigenvalue weighted by molar-refractivity contribution is 5.78. The van der Waals surface area contributed by atoms with Gasteiger partial charge in [0.2, 0.25) is 5.91 Å². The zero-order valence-electron chi connectivity index (χ0n) is 11.3. The molecule has 0 aromatic heterocycles. The third-order valence-electron chi connectivity index (χ3n) is 3.09. The topological polar surface area (TPSA) is 32.3 Å². The van der Waals surface area contributed by atoms with Crippen molar-refractivity contribution in [1.29, 1.82) is 0 Å². The predicted octanol–water partition coefficient (Wildman–Crippen LogP) is 1.97. The molecule has 17 heavy (non-hydrogen) atoms. The highest BCUT2D eigenvalue weighted by Gasteiger charge is 2.23. The Kier molecular flexibility index (Phi) is 4.94. The van der Waals surface area contributed by atoms with Crippen molar-refractivity contribution >= 4 is 5.91 Å². The van der Waals surface area contributed by atoms with Gasteiger partial charge in [-0.3, -0.25) is 4.79 Å². The average Bonchev–Trinajstić information content (AvgIpc) is 2.28. The molecule has 0 atom stereocenters. The zero-order valence-corrected chi connectivity index (χ0v) is 11.3. The van der Waals surface area contributed by atoms with E-state index in [0.717, 1.165) is 19.5 Å². The van der Waals surface area contributed by atoms with E-state index in [2.05, 4.69) is 38.7 Å². The van der Waals surface area contributed by atoms with Crippen molar-refractivity contribution < 1.29 is 4.79 Å². The van der Waals surface area contributed by atoms with Crippen LogP contribution in [0.5, 0.6) is 0 Å². The van der Waals surface area contributed by atoms with E-state index in [1.807, 2.05) is 4.90 Å². The molecule has 0 aromatic carbocycles. The highest BCUT2D eigenvalue weighted by Crippen LogP contribution is 2.29. The first-order valence-corrected chi connectivity index (χ1v) is 6.24. The summed E-state index contributed by atoms with van der Waals surface area (Å²) in [5, 5.41) is 3.04. The molecule has 0 saturated heterocycles. The Bertz CT molecular complexity index is 313. The van der Waals surface area contributed by atoms with Gasteiger partial charge >= 0.3 is 0 Å². The number of carbonyl (C=O) groups is 1. The van der Waals surface area contributed by atoms with E-state index in [0.29, 0.717) is 13.1 Å². The quantitative estimate of drug-likeness (QED) is 0.598. The van der Waals surface area contributed by atoms with Crippen LogP contribution in [0.4, 0.5) is 0 Å². The number of nitrogens with one attached hydrogen (secondary N) is 1. The van der Waals surface area contributed by atoms with E-state index >= 15 is 0 Å². The maximum atomic E-state index is 11.8. The maximum Gasteiger partial charge on any atom is 0.236 e. The van der Waals surface area contributed by atoms with Gasteiger partial charge in [0.25, 0.3) is 0 Å². The second-order valence-corrected chi connectivity index (χ2v) is 5.49. The van der Waals surface area contributed by atoms with Gasteiger partial charge in [-0.25, -0.2) is 0 Å². The molecule has 96 valence electrons. The van der Waals surface area contributed by atoms with Crippen LogP contribution < -0.4 is 5.32 Å². The van der Waals surface area contributed by atoms with Crippen LogP contribution in [0.2, 0.25) is 0 Å². The Morgan fingerprint density at radius 1 is 1.59 bits per heavy atom. The van der Waals surface area contributed by atoms with Crippen LogP contribution in [0.15, 0.2) is 24.3 Å². The molecule has 3 heteroatoms. The molecular weight excluding hydrogens is 212 g/mol. The summed E-state index contributed by atoms with van der Waals surface area (Å²) in [6.45, 7) is 13.0. The lowest BCUT2D eigenvalue weighted by Crippen LogP contribution is -2.41. The standard InChI is InChI=1S/C14H24N2O/c1-5-8-15-11-13(17)16-9-6-12(7-10-16)14(2,3)4/h5-6,15H,1,7-11H2,2-4H3. The molecule has 1 amide bonds. The summed E-state index contributed by atoms with van der Waals surface area (Å²) in [6.07, 6.45) is 4.96. The van der Waals surface area contributed by atoms with Crippen molar-refractivity contribution in [2.45, 2.75) is 27.2 Å². The second kappa shape index (κ2) is 6.01. The number of hydrogen-bond acceptors (Lipinski definition) is 2. The van der Waals surface area contributed by atoms with Crippen molar-refractivity contribution in [2.24, 2.45) is 5.41 Å². The van der Waals surface area contributed by atoms with Crippen LogP contribution in [0.1, 0.15) is 27.2 Å². The summed E-state index contributed by atoms with van der Waals surface area (Å²) in [6, 6.07) is 0. The molecular formula is C14H24N2O. The molecule has 1 N–H and O–H groups in total. The van der Waals surface area contributed by atoms with E-state index < -0.39 is 0 Å². The van der Waals surface area contributed by atoms with Crippen LogP contribution in [0.25, 0.3) is 0 Å². The van der Waals surface area contributed by atoms with E-state index in [1.165, 1.54) is 5.57 Å². The SMILES string of the molecule is C=CCNCC(=O)N1CC=C(C(C)(C)C)CC1. The van der Waals surface area contributed by atoms with E-state index in [4.69, 9.17) is 0 Å². The van der Waals surface area contributed by atoms with Crippen LogP contribution >= 0.6 is 0 Å². The Labute approximate surface area is 105 Å². The summed E-state index contributed by atoms with van der Waals surface area (Å²) < 4.78 is 0. The predicted molar refractivity (Wildman–Crippen MR) is 71.8 cm³/mol. The fourth-order valence-electron chi connectivity index (χ4n) is 1.97. The summed E-state index contributed by atoms with van der Waals surface area (Å²) in [4.78, 5) is 13.7. The number of nitrogens with zero attached hydrogens (tertiary/aromatic N) is 1. The highest BCUT2D eigenvalue weighted by atomic mass is 16.2. The average molecular weight is 236 g/mol. The lowest BCUT2D eigenvalue weighted by atomic mass is 9.83. The summed E-state index contributed by atoms with van der Waals surface area (Å²) >= 11 is 0. The maximum absolute atomic E-state index is 11.8. The number of amides is 1. The van der Waals surface area contributed by atoms with Crippen LogP contribution in [0.3, 0.4) is 0 Å². The largest absolute Gasteiger partial charge is 0.338 e. The molecule has 0 aliphatic carbocycles. The minimum Gasteiger partial charge on any atom is -0.338 e. The van der Waals surface area contributed by atoms with Gasteiger partial charge < -0.3 is 10.2 Å². The van der Waals surface area contributed by atoms with Gasteiger partial charge in [0.05, 0.1) is 6.54 Å². The van der Waals surface area contributed by atoms with Crippen molar-refractivity contribution in [2.75, 3.05) is 26.2 Å². The Hall–Kier alpha value is -1.09. The van der Waals surface area contributed by atoms with Crippen LogP contribution in [-0.2, 0) is 4.79 Å². The summed E-state index contributed by atoms with van der Waals surface area (Å²) in [5.74, 6) is 0.177. The van der Waals surface area contributed by atoms with Gasteiger partial charge in [-0.1, -0.05) is 38.5 Å². The first-order chi connectivity index (χ1) is 7.95. The molecule has 1 aliphatic rings. The second-order valence-electron chi connectivity index (χ2n) is 5.49. The van der Waals surface area contributed by atoms with E-state index in [-0.39, 0.29) is 11.3 Å². The normalized spacial score (nSPS) is 16.6. The van der Waals surface area contributed by atoms with Crippen LogP contribution in [0, 0.1) is 5.41 Å². The fraction of sp³-hybridized carbons (Fsp3) is 0.643. The van der Waals surface area contributed by atoms with Crippen molar-refractivity contribution in [3.63, 3.8) is 0 Å². The molecule has 0 unspecified atom stereocenters. The molecule has 1 heterocycles. The monoisotopic (exact) mass is 236 g/mol. The fourth-order valence-corrected chi connectivity index (χ4v) is 1.97. The Morgan fingerprint density at radius 2 is 2.29 bits per heavy atom. The molecule has 0 fully saturated rings. The Balaban J connectivity index is 2.43. The van der Waals surface area contributed by atoms with E-state index in [1.54, 1.807) is 6.08 Å². The molecule has 0 spiro atoms. The molecule has 1 aliphatic heterocycles. The van der Waals surface area contributed by atoms with Gasteiger partial charge in [-0.2, -0.15) is 0 Å². The Morgan fingerprint density at radius 3 is 2.76 bits per heavy atom. The van der Waals surface area contributed by atoms with Gasteiger partial charge in [-0.15, -0.1) is 6.58 Å². The smallest absolute Gasteiger partial charge is 0.236 e. The molecule has 0 aromatic rings. The molecule has 0 radical (unpaired) electrons. The third-order valence-corrected chi connectivity index (χ3v) is 3.09. The minimum atomic E-state index is 0.177. The first kappa shape index (κ1) is 14.0. The molecule has 0 saturated carbocycles. The molecule has 1 rings (SSSR count). The van der Waals surface area contributed by atoms with Gasteiger partial charge in [0, 0.05) is 19.6 Å². The lowest BCUT2D eigenvalue weighted by molar-refractivity contribution is -0.129. The number of carbonyl (C=O) groups excluding carboxylic acids is 1. The van der Waals surface area contributed by atoms with Crippen molar-refractivity contribution in [3.05, 3.63) is 24.3 Å². The summed E-state index contributed by atoms with van der Waals surface area (Å²) in [5.41, 5.74) is 1.69. The number of hydrogen-bond donors (Lipinski definition) is 1. The van der Waals surface area contributed by atoms with Crippen molar-refractivity contribution in [3.8, 4) is 0 Å². The zero-order chi connectivity index (χ0) is 12.9. The molecule has 3 nitrogen and oxygen atoms in total. The van der Waals surface area contributed by atoms with E-state index in [9.17, 15) is 4.79 Å². The van der Waals surface area contributed by atoms with Gasteiger partial charge in [-0.05, 0) is 11.8 Å². The van der Waals surface area contributed by atoms with Crippen molar-refractivity contribution in [1.82, 2.24) is 10.2 Å². The lowest BCUT2D eigenvalue weighted by Gasteiger charge is -2.32. The van der Waals surface area contributed by atoms with Gasteiger partial charge in [0.15, 0.2) is 0 Å². The van der Waals surface area contributed by atoms with Crippen LogP contribution in [-0.4, -0.2) is 37.0 Å². The third kappa shape index (κ3) is 4.35.